The molecule has 0 bridgehead atoms. The third kappa shape index (κ3) is 4.03. The van der Waals surface area contributed by atoms with Crippen molar-refractivity contribution in [1.82, 2.24) is 14.7 Å². The summed E-state index contributed by atoms with van der Waals surface area (Å²) in [6.07, 6.45) is 1.62. The molecule has 0 unspecified atom stereocenters. The van der Waals surface area contributed by atoms with Gasteiger partial charge in [-0.05, 0) is 29.8 Å². The number of aromatic nitrogens is 2. The summed E-state index contributed by atoms with van der Waals surface area (Å²) in [4.78, 5) is 31.4. The fourth-order valence-corrected chi connectivity index (χ4v) is 3.28. The number of nitrogens with zero attached hydrogens (tertiary/aromatic N) is 3. The van der Waals surface area contributed by atoms with Gasteiger partial charge in [-0.2, -0.15) is 0 Å². The van der Waals surface area contributed by atoms with Crippen LogP contribution < -0.4 is 15.8 Å². The van der Waals surface area contributed by atoms with E-state index in [1.54, 1.807) is 36.5 Å². The van der Waals surface area contributed by atoms with Crippen LogP contribution in [0.25, 0.3) is 5.65 Å². The van der Waals surface area contributed by atoms with Crippen LogP contribution in [0.15, 0.2) is 47.4 Å². The van der Waals surface area contributed by atoms with Gasteiger partial charge < -0.3 is 20.1 Å². The number of ether oxygens (including phenoxy) is 1. The van der Waals surface area contributed by atoms with E-state index in [0.29, 0.717) is 31.3 Å². The van der Waals surface area contributed by atoms with Crippen LogP contribution in [0, 0.1) is 0 Å². The molecule has 0 aliphatic carbocycles. The number of aromatic hydroxyl groups is 1. The monoisotopic (exact) mass is 414 g/mol. The molecule has 0 saturated carbocycles. The number of anilines is 1. The number of pyridine rings is 1. The van der Waals surface area contributed by atoms with E-state index in [1.807, 2.05) is 6.07 Å². The van der Waals surface area contributed by atoms with Gasteiger partial charge in [-0.1, -0.05) is 23.7 Å². The third-order valence-electron chi connectivity index (χ3n) is 4.74. The highest BCUT2D eigenvalue weighted by atomic mass is 35.5. The summed E-state index contributed by atoms with van der Waals surface area (Å²) in [5.41, 5.74) is 0.935. The number of halogens is 1. The Morgan fingerprint density at radius 1 is 1.17 bits per heavy atom. The number of carbonyl (C=O) groups is 1. The molecule has 2 N–H and O–H groups in total. The van der Waals surface area contributed by atoms with Crippen molar-refractivity contribution >= 4 is 28.8 Å². The van der Waals surface area contributed by atoms with Crippen molar-refractivity contribution < 1.29 is 14.6 Å². The summed E-state index contributed by atoms with van der Waals surface area (Å²) in [5, 5.41) is 13.5. The van der Waals surface area contributed by atoms with E-state index in [9.17, 15) is 14.7 Å². The average Bonchev–Trinajstić information content (AvgIpc) is 2.76. The highest BCUT2D eigenvalue weighted by Crippen LogP contribution is 2.18. The van der Waals surface area contributed by atoms with Crippen LogP contribution in [0.1, 0.15) is 16.1 Å². The first-order valence-corrected chi connectivity index (χ1v) is 9.51. The van der Waals surface area contributed by atoms with Crippen molar-refractivity contribution in [3.8, 4) is 5.75 Å². The molecule has 1 fully saturated rings. The highest BCUT2D eigenvalue weighted by Gasteiger charge is 2.19. The molecule has 0 radical (unpaired) electrons. The number of morpholine rings is 1. The number of benzene rings is 1. The van der Waals surface area contributed by atoms with E-state index in [0.717, 1.165) is 11.3 Å². The summed E-state index contributed by atoms with van der Waals surface area (Å²) in [7, 11) is 0. The van der Waals surface area contributed by atoms with Gasteiger partial charge in [0.2, 0.25) is 5.75 Å². The number of hydrogen-bond acceptors (Lipinski definition) is 6. The maximum atomic E-state index is 12.6. The molecular weight excluding hydrogens is 396 g/mol. The second-order valence-corrected chi connectivity index (χ2v) is 7.07. The summed E-state index contributed by atoms with van der Waals surface area (Å²) in [6, 6.07) is 10.5. The first-order chi connectivity index (χ1) is 14.0. The van der Waals surface area contributed by atoms with Crippen LogP contribution in [0.2, 0.25) is 5.02 Å². The van der Waals surface area contributed by atoms with E-state index in [4.69, 9.17) is 16.3 Å². The Balaban J connectivity index is 1.59. The molecule has 1 aliphatic heterocycles. The zero-order chi connectivity index (χ0) is 20.4. The van der Waals surface area contributed by atoms with Gasteiger partial charge in [0.1, 0.15) is 5.65 Å². The summed E-state index contributed by atoms with van der Waals surface area (Å²) < 4.78 is 6.59. The third-order valence-corrected chi connectivity index (χ3v) is 4.99. The average molecular weight is 415 g/mol. The Kier molecular flexibility index (Phi) is 5.37. The predicted molar refractivity (Wildman–Crippen MR) is 109 cm³/mol. The lowest BCUT2D eigenvalue weighted by Gasteiger charge is -2.28. The lowest BCUT2D eigenvalue weighted by atomic mass is 10.2. The maximum absolute atomic E-state index is 12.6. The van der Waals surface area contributed by atoms with Crippen LogP contribution in [-0.2, 0) is 11.3 Å². The smallest absolute Gasteiger partial charge is 0.300 e. The number of carbonyl (C=O) groups excluding carboxylic acids is 1. The largest absolute Gasteiger partial charge is 0.501 e. The molecule has 4 rings (SSSR count). The van der Waals surface area contributed by atoms with Gasteiger partial charge in [0.15, 0.2) is 5.69 Å². The molecule has 1 aliphatic rings. The van der Waals surface area contributed by atoms with Crippen molar-refractivity contribution in [3.63, 3.8) is 0 Å². The Hall–Kier alpha value is -3.10. The zero-order valence-corrected chi connectivity index (χ0v) is 16.2. The fraction of sp³-hybridized carbons (Fsp3) is 0.250. The molecule has 9 heteroatoms. The molecule has 3 heterocycles. The van der Waals surface area contributed by atoms with Crippen molar-refractivity contribution in [2.75, 3.05) is 31.2 Å². The Morgan fingerprint density at radius 3 is 2.62 bits per heavy atom. The molecule has 2 aromatic heterocycles. The second-order valence-electron chi connectivity index (χ2n) is 6.64. The predicted octanol–water partition coefficient (Wildman–Crippen LogP) is 1.82. The summed E-state index contributed by atoms with van der Waals surface area (Å²) in [5.74, 6) is -1.32. The van der Waals surface area contributed by atoms with Gasteiger partial charge in [-0.15, -0.1) is 0 Å². The van der Waals surface area contributed by atoms with E-state index >= 15 is 0 Å². The maximum Gasteiger partial charge on any atom is 0.300 e. The van der Waals surface area contributed by atoms with Gasteiger partial charge >= 0.3 is 5.56 Å². The fourth-order valence-electron chi connectivity index (χ4n) is 3.15. The normalized spacial score (nSPS) is 14.2. The first-order valence-electron chi connectivity index (χ1n) is 9.13. The van der Waals surface area contributed by atoms with Gasteiger partial charge in [0.05, 0.1) is 18.9 Å². The van der Waals surface area contributed by atoms with Gasteiger partial charge in [0.25, 0.3) is 5.91 Å². The lowest BCUT2D eigenvalue weighted by Crippen LogP contribution is -2.36. The Bertz CT molecular complexity index is 1110. The quantitative estimate of drug-likeness (QED) is 0.676. The SMILES string of the molecule is O=C(NCc1ccc(Cl)cc1)c1nc2ccc(N3CCOCC3)cn2c(=O)c1O. The van der Waals surface area contributed by atoms with E-state index in [-0.39, 0.29) is 17.9 Å². The first kappa shape index (κ1) is 19.2. The minimum atomic E-state index is -0.693. The summed E-state index contributed by atoms with van der Waals surface area (Å²) in [6.45, 7) is 2.87. The number of hydrogen-bond donors (Lipinski definition) is 2. The number of nitrogens with one attached hydrogen (secondary N) is 1. The molecule has 150 valence electrons. The Morgan fingerprint density at radius 2 is 1.90 bits per heavy atom. The molecule has 1 aromatic carbocycles. The molecule has 3 aromatic rings. The van der Waals surface area contributed by atoms with Crippen molar-refractivity contribution in [2.24, 2.45) is 0 Å². The lowest BCUT2D eigenvalue weighted by molar-refractivity contribution is 0.0942. The topological polar surface area (TPSA) is 96.2 Å². The van der Waals surface area contributed by atoms with Crippen LogP contribution in [0.5, 0.6) is 5.75 Å². The van der Waals surface area contributed by atoms with Crippen LogP contribution in [0.4, 0.5) is 5.69 Å². The highest BCUT2D eigenvalue weighted by molar-refractivity contribution is 6.30. The van der Waals surface area contributed by atoms with Crippen LogP contribution in [-0.4, -0.2) is 46.7 Å². The molecule has 1 amide bonds. The number of fused-ring (bicyclic) bond motifs is 1. The number of rotatable bonds is 4. The molecule has 1 saturated heterocycles. The van der Waals surface area contributed by atoms with Crippen LogP contribution in [0.3, 0.4) is 0 Å². The minimum absolute atomic E-state index is 0.215. The number of amides is 1. The van der Waals surface area contributed by atoms with Crippen LogP contribution >= 0.6 is 11.6 Å². The van der Waals surface area contributed by atoms with Crippen molar-refractivity contribution in [2.45, 2.75) is 6.54 Å². The zero-order valence-electron chi connectivity index (χ0n) is 15.5. The molecule has 8 nitrogen and oxygen atoms in total. The second kappa shape index (κ2) is 8.10. The minimum Gasteiger partial charge on any atom is -0.501 e. The molecule has 0 atom stereocenters. The van der Waals surface area contributed by atoms with Gasteiger partial charge in [-0.3, -0.25) is 14.0 Å². The molecule has 29 heavy (non-hydrogen) atoms. The summed E-state index contributed by atoms with van der Waals surface area (Å²) >= 11 is 5.85. The standard InChI is InChI=1S/C20H19ClN4O4/c21-14-3-1-13(2-4-14)11-22-19(27)17-18(26)20(28)25-12-15(5-6-16(25)23-17)24-7-9-29-10-8-24/h1-6,12,26H,7-11H2,(H,22,27). The molecular formula is C20H19ClN4O4. The van der Waals surface area contributed by atoms with E-state index in [2.05, 4.69) is 15.2 Å². The Labute approximate surface area is 171 Å². The van der Waals surface area contributed by atoms with Crippen molar-refractivity contribution in [1.29, 1.82) is 0 Å². The van der Waals surface area contributed by atoms with E-state index < -0.39 is 17.2 Å². The van der Waals surface area contributed by atoms with E-state index in [1.165, 1.54) is 4.40 Å². The van der Waals surface area contributed by atoms with Gasteiger partial charge in [0, 0.05) is 30.9 Å². The molecule has 0 spiro atoms. The van der Waals surface area contributed by atoms with Crippen molar-refractivity contribution in [3.05, 3.63) is 69.2 Å². The van der Waals surface area contributed by atoms with Gasteiger partial charge in [-0.25, -0.2) is 4.98 Å².